The summed E-state index contributed by atoms with van der Waals surface area (Å²) in [7, 11) is 0. The summed E-state index contributed by atoms with van der Waals surface area (Å²) in [5.41, 5.74) is 1.72. The molecule has 1 unspecified atom stereocenters. The van der Waals surface area contributed by atoms with E-state index in [1.165, 1.54) is 5.56 Å². The number of rotatable bonds is 4. The lowest BCUT2D eigenvalue weighted by atomic mass is 9.90. The van der Waals surface area contributed by atoms with Gasteiger partial charge in [-0.05, 0) is 25.0 Å². The Kier molecular flexibility index (Phi) is 3.36. The molecule has 0 aromatic heterocycles. The van der Waals surface area contributed by atoms with E-state index >= 15 is 0 Å². The van der Waals surface area contributed by atoms with Gasteiger partial charge in [0.05, 0.1) is 6.61 Å². The number of hydrogen-bond donors (Lipinski definition) is 1. The van der Waals surface area contributed by atoms with Crippen molar-refractivity contribution in [2.75, 3.05) is 11.9 Å². The predicted octanol–water partition coefficient (Wildman–Crippen LogP) is 2.76. The lowest BCUT2D eigenvalue weighted by molar-refractivity contribution is -0.148. The number of para-hydroxylation sites is 1. The first kappa shape index (κ1) is 12.0. The van der Waals surface area contributed by atoms with Crippen molar-refractivity contribution in [3.63, 3.8) is 0 Å². The Balaban J connectivity index is 2.25. The maximum atomic E-state index is 12.1. The van der Waals surface area contributed by atoms with E-state index in [9.17, 15) is 4.79 Å². The van der Waals surface area contributed by atoms with Crippen LogP contribution in [0.5, 0.6) is 0 Å². The zero-order valence-corrected chi connectivity index (χ0v) is 10.5. The highest BCUT2D eigenvalue weighted by Gasteiger charge is 2.43. The Labute approximate surface area is 102 Å². The molecule has 0 radical (unpaired) electrons. The van der Waals surface area contributed by atoms with Crippen LogP contribution in [0.1, 0.15) is 32.3 Å². The molecule has 0 fully saturated rings. The molecule has 17 heavy (non-hydrogen) atoms. The first-order valence-electron chi connectivity index (χ1n) is 6.25. The van der Waals surface area contributed by atoms with Crippen LogP contribution in [0.2, 0.25) is 0 Å². The summed E-state index contributed by atoms with van der Waals surface area (Å²) >= 11 is 0. The lowest BCUT2D eigenvalue weighted by Gasteiger charge is -2.27. The van der Waals surface area contributed by atoms with Crippen molar-refractivity contribution in [2.45, 2.75) is 38.6 Å². The molecule has 1 aliphatic heterocycles. The maximum Gasteiger partial charge on any atom is 0.332 e. The largest absolute Gasteiger partial charge is 0.464 e. The third-order valence-corrected chi connectivity index (χ3v) is 3.23. The molecule has 1 heterocycles. The van der Waals surface area contributed by atoms with Gasteiger partial charge in [-0.15, -0.1) is 0 Å². The van der Waals surface area contributed by atoms with Gasteiger partial charge >= 0.3 is 5.97 Å². The van der Waals surface area contributed by atoms with E-state index in [1.807, 2.05) is 25.1 Å². The van der Waals surface area contributed by atoms with Crippen molar-refractivity contribution < 1.29 is 9.53 Å². The van der Waals surface area contributed by atoms with Crippen molar-refractivity contribution >= 4 is 11.7 Å². The normalized spacial score (nSPS) is 21.8. The predicted molar refractivity (Wildman–Crippen MR) is 68.0 cm³/mol. The van der Waals surface area contributed by atoms with Crippen LogP contribution in [0.25, 0.3) is 0 Å². The van der Waals surface area contributed by atoms with E-state index < -0.39 is 5.54 Å². The molecule has 0 saturated heterocycles. The molecule has 1 aromatic rings. The summed E-state index contributed by atoms with van der Waals surface area (Å²) in [6, 6.07) is 8.08. The van der Waals surface area contributed by atoms with Gasteiger partial charge in [0, 0.05) is 12.1 Å². The Bertz CT molecular complexity index is 389. The molecule has 1 atom stereocenters. The number of carbonyl (C=O) groups is 1. The molecule has 0 aliphatic carbocycles. The molecule has 2 rings (SSSR count). The van der Waals surface area contributed by atoms with Crippen molar-refractivity contribution in [3.8, 4) is 0 Å². The zero-order valence-electron chi connectivity index (χ0n) is 10.5. The summed E-state index contributed by atoms with van der Waals surface area (Å²) in [6.07, 6.45) is 2.50. The summed E-state index contributed by atoms with van der Waals surface area (Å²) in [4.78, 5) is 12.1. The quantitative estimate of drug-likeness (QED) is 0.813. The summed E-state index contributed by atoms with van der Waals surface area (Å²) < 4.78 is 5.21. The van der Waals surface area contributed by atoms with Crippen LogP contribution >= 0.6 is 0 Å². The molecule has 0 saturated carbocycles. The van der Waals surface area contributed by atoms with Gasteiger partial charge in [0.25, 0.3) is 0 Å². The molecule has 92 valence electrons. The van der Waals surface area contributed by atoms with Gasteiger partial charge in [0.15, 0.2) is 0 Å². The molecule has 3 heteroatoms. The van der Waals surface area contributed by atoms with Crippen molar-refractivity contribution in [1.29, 1.82) is 0 Å². The van der Waals surface area contributed by atoms with Gasteiger partial charge in [-0.2, -0.15) is 0 Å². The number of fused-ring (bicyclic) bond motifs is 1. The molecular weight excluding hydrogens is 214 g/mol. The van der Waals surface area contributed by atoms with E-state index in [2.05, 4.69) is 18.3 Å². The molecule has 3 nitrogen and oxygen atoms in total. The molecule has 1 aromatic carbocycles. The SMILES string of the molecule is CCCC1(C(=O)OCC)Cc2ccccc2N1. The third kappa shape index (κ3) is 2.14. The summed E-state index contributed by atoms with van der Waals surface area (Å²) in [5, 5.41) is 3.36. The van der Waals surface area contributed by atoms with Crippen molar-refractivity contribution in [3.05, 3.63) is 29.8 Å². The highest BCUT2D eigenvalue weighted by Crippen LogP contribution is 2.36. The number of anilines is 1. The Morgan fingerprint density at radius 3 is 2.82 bits per heavy atom. The molecule has 1 aliphatic rings. The summed E-state index contributed by atoms with van der Waals surface area (Å²) in [5.74, 6) is -0.127. The number of esters is 1. The van der Waals surface area contributed by atoms with E-state index in [0.717, 1.165) is 24.9 Å². The minimum atomic E-state index is -0.547. The molecule has 1 N–H and O–H groups in total. The zero-order chi connectivity index (χ0) is 12.3. The fraction of sp³-hybridized carbons (Fsp3) is 0.500. The third-order valence-electron chi connectivity index (χ3n) is 3.23. The van der Waals surface area contributed by atoms with Crippen LogP contribution in [0.15, 0.2) is 24.3 Å². The van der Waals surface area contributed by atoms with Gasteiger partial charge in [0.1, 0.15) is 5.54 Å². The molecular formula is C14H19NO2. The molecule has 0 bridgehead atoms. The Morgan fingerprint density at radius 2 is 2.18 bits per heavy atom. The van der Waals surface area contributed by atoms with Gasteiger partial charge < -0.3 is 10.1 Å². The average molecular weight is 233 g/mol. The minimum absolute atomic E-state index is 0.127. The topological polar surface area (TPSA) is 38.3 Å². The van der Waals surface area contributed by atoms with E-state index in [-0.39, 0.29) is 5.97 Å². The first-order valence-corrected chi connectivity index (χ1v) is 6.25. The second kappa shape index (κ2) is 4.78. The number of ether oxygens (including phenoxy) is 1. The average Bonchev–Trinajstić information content (AvgIpc) is 2.69. The second-order valence-corrected chi connectivity index (χ2v) is 4.51. The number of benzene rings is 1. The Morgan fingerprint density at radius 1 is 1.41 bits per heavy atom. The highest BCUT2D eigenvalue weighted by molar-refractivity contribution is 5.88. The molecule has 0 amide bonds. The van der Waals surface area contributed by atoms with Crippen molar-refractivity contribution in [1.82, 2.24) is 0 Å². The van der Waals surface area contributed by atoms with Crippen LogP contribution in [-0.4, -0.2) is 18.1 Å². The number of nitrogens with one attached hydrogen (secondary N) is 1. The van der Waals surface area contributed by atoms with Crippen LogP contribution in [-0.2, 0) is 16.0 Å². The fourth-order valence-corrected chi connectivity index (χ4v) is 2.50. The van der Waals surface area contributed by atoms with E-state index in [4.69, 9.17) is 4.74 Å². The minimum Gasteiger partial charge on any atom is -0.464 e. The maximum absolute atomic E-state index is 12.1. The smallest absolute Gasteiger partial charge is 0.332 e. The van der Waals surface area contributed by atoms with E-state index in [1.54, 1.807) is 0 Å². The fourth-order valence-electron chi connectivity index (χ4n) is 2.50. The van der Waals surface area contributed by atoms with Crippen molar-refractivity contribution in [2.24, 2.45) is 0 Å². The second-order valence-electron chi connectivity index (χ2n) is 4.51. The standard InChI is InChI=1S/C14H19NO2/c1-3-9-14(13(16)17-4-2)10-11-7-5-6-8-12(11)15-14/h5-8,15H,3-4,9-10H2,1-2H3. The van der Waals surface area contributed by atoms with Gasteiger partial charge in [-0.1, -0.05) is 31.5 Å². The van der Waals surface area contributed by atoms with Gasteiger partial charge in [-0.3, -0.25) is 0 Å². The van der Waals surface area contributed by atoms with Gasteiger partial charge in [-0.25, -0.2) is 4.79 Å². The number of hydrogen-bond acceptors (Lipinski definition) is 3. The van der Waals surface area contributed by atoms with Crippen LogP contribution in [0.3, 0.4) is 0 Å². The van der Waals surface area contributed by atoms with Crippen LogP contribution < -0.4 is 5.32 Å². The Hall–Kier alpha value is -1.51. The van der Waals surface area contributed by atoms with Gasteiger partial charge in [0.2, 0.25) is 0 Å². The monoisotopic (exact) mass is 233 g/mol. The first-order chi connectivity index (χ1) is 8.22. The highest BCUT2D eigenvalue weighted by atomic mass is 16.5. The van der Waals surface area contributed by atoms with Crippen LogP contribution in [0.4, 0.5) is 5.69 Å². The lowest BCUT2D eigenvalue weighted by Crippen LogP contribution is -2.46. The number of carbonyl (C=O) groups excluding carboxylic acids is 1. The van der Waals surface area contributed by atoms with Crippen LogP contribution in [0, 0.1) is 0 Å². The molecule has 0 spiro atoms. The summed E-state index contributed by atoms with van der Waals surface area (Å²) in [6.45, 7) is 4.37. The van der Waals surface area contributed by atoms with E-state index in [0.29, 0.717) is 6.61 Å².